The SMILES string of the molecule is O=C=c1ccc(Cc2ccccc2)cc1=C=O. The third kappa shape index (κ3) is 2.59. The van der Waals surface area contributed by atoms with Crippen molar-refractivity contribution in [3.8, 4) is 0 Å². The molecule has 0 aliphatic rings. The van der Waals surface area contributed by atoms with Crippen molar-refractivity contribution in [2.24, 2.45) is 0 Å². The highest BCUT2D eigenvalue weighted by Gasteiger charge is 1.96. The zero-order valence-electron chi connectivity index (χ0n) is 9.14. The van der Waals surface area contributed by atoms with Crippen LogP contribution in [0.2, 0.25) is 0 Å². The molecule has 0 N–H and O–H groups in total. The van der Waals surface area contributed by atoms with Crippen molar-refractivity contribution in [3.05, 3.63) is 70.1 Å². The van der Waals surface area contributed by atoms with Crippen molar-refractivity contribution in [3.63, 3.8) is 0 Å². The summed E-state index contributed by atoms with van der Waals surface area (Å²) in [4.78, 5) is 21.2. The van der Waals surface area contributed by atoms with Crippen molar-refractivity contribution >= 4 is 11.9 Å². The summed E-state index contributed by atoms with van der Waals surface area (Å²) in [7, 11) is 0. The number of hydrogen-bond donors (Lipinski definition) is 0. The normalized spacial score (nSPS) is 9.41. The lowest BCUT2D eigenvalue weighted by atomic mass is 10.0. The third-order valence-corrected chi connectivity index (χ3v) is 2.55. The van der Waals surface area contributed by atoms with Gasteiger partial charge in [-0.25, -0.2) is 9.59 Å². The molecule has 0 atom stereocenters. The zero-order chi connectivity index (χ0) is 12.1. The predicted octanol–water partition coefficient (Wildman–Crippen LogP) is 0.284. The monoisotopic (exact) mass is 222 g/mol. The quantitative estimate of drug-likeness (QED) is 0.731. The lowest BCUT2D eigenvalue weighted by molar-refractivity contribution is 0.564. The van der Waals surface area contributed by atoms with Crippen LogP contribution in [-0.2, 0) is 16.0 Å². The van der Waals surface area contributed by atoms with Gasteiger partial charge >= 0.3 is 0 Å². The van der Waals surface area contributed by atoms with E-state index in [0.717, 1.165) is 17.5 Å². The Morgan fingerprint density at radius 3 is 2.12 bits per heavy atom. The van der Waals surface area contributed by atoms with E-state index in [2.05, 4.69) is 0 Å². The minimum atomic E-state index is 0.261. The first-order valence-electron chi connectivity index (χ1n) is 5.26. The van der Waals surface area contributed by atoms with E-state index in [-0.39, 0.29) is 10.4 Å². The van der Waals surface area contributed by atoms with Gasteiger partial charge in [-0.3, -0.25) is 0 Å². The average Bonchev–Trinajstić information content (AvgIpc) is 2.40. The van der Waals surface area contributed by atoms with Gasteiger partial charge in [-0.15, -0.1) is 0 Å². The van der Waals surface area contributed by atoms with Crippen molar-refractivity contribution in [1.29, 1.82) is 0 Å². The van der Waals surface area contributed by atoms with Crippen molar-refractivity contribution in [2.75, 3.05) is 0 Å². The van der Waals surface area contributed by atoms with E-state index in [1.165, 1.54) is 0 Å². The molecular formula is C15H10O2. The maximum absolute atomic E-state index is 10.7. The van der Waals surface area contributed by atoms with Crippen molar-refractivity contribution in [2.45, 2.75) is 6.42 Å². The maximum Gasteiger partial charge on any atom is 0.133 e. The molecule has 2 aromatic carbocycles. The fraction of sp³-hybridized carbons (Fsp3) is 0.0667. The molecule has 2 nitrogen and oxygen atoms in total. The fourth-order valence-electron chi connectivity index (χ4n) is 1.71. The van der Waals surface area contributed by atoms with Gasteiger partial charge in [0.2, 0.25) is 0 Å². The Labute approximate surface area is 98.5 Å². The van der Waals surface area contributed by atoms with Crippen LogP contribution < -0.4 is 10.4 Å². The molecular weight excluding hydrogens is 212 g/mol. The summed E-state index contributed by atoms with van der Waals surface area (Å²) in [6.45, 7) is 0. The van der Waals surface area contributed by atoms with Gasteiger partial charge in [-0.2, -0.15) is 0 Å². The van der Waals surface area contributed by atoms with E-state index >= 15 is 0 Å². The predicted molar refractivity (Wildman–Crippen MR) is 64.5 cm³/mol. The van der Waals surface area contributed by atoms with E-state index < -0.39 is 0 Å². The van der Waals surface area contributed by atoms with Crippen LogP contribution in [0.25, 0.3) is 0 Å². The molecule has 2 aromatic rings. The smallest absolute Gasteiger partial charge is 0.133 e. The fourth-order valence-corrected chi connectivity index (χ4v) is 1.71. The molecule has 82 valence electrons. The van der Waals surface area contributed by atoms with E-state index in [0.29, 0.717) is 0 Å². The minimum Gasteiger partial charge on any atom is -0.233 e. The molecule has 0 fully saturated rings. The largest absolute Gasteiger partial charge is 0.233 e. The molecule has 0 amide bonds. The molecule has 0 aliphatic carbocycles. The number of benzene rings is 2. The van der Waals surface area contributed by atoms with Gasteiger partial charge in [0.1, 0.15) is 11.9 Å². The highest BCUT2D eigenvalue weighted by Crippen LogP contribution is 2.05. The molecule has 0 aliphatic heterocycles. The Bertz CT molecular complexity index is 677. The summed E-state index contributed by atoms with van der Waals surface area (Å²) in [5.41, 5.74) is 2.14. The van der Waals surface area contributed by atoms with E-state index in [9.17, 15) is 9.59 Å². The van der Waals surface area contributed by atoms with Crippen molar-refractivity contribution in [1.82, 2.24) is 0 Å². The zero-order valence-corrected chi connectivity index (χ0v) is 9.14. The highest BCUT2D eigenvalue weighted by molar-refractivity contribution is 5.55. The molecule has 0 aromatic heterocycles. The van der Waals surface area contributed by atoms with Crippen LogP contribution >= 0.6 is 0 Å². The summed E-state index contributed by atoms with van der Waals surface area (Å²) in [6, 6.07) is 15.0. The van der Waals surface area contributed by atoms with Crippen LogP contribution in [0.3, 0.4) is 0 Å². The molecule has 17 heavy (non-hydrogen) atoms. The van der Waals surface area contributed by atoms with Gasteiger partial charge in [0.15, 0.2) is 0 Å². The first kappa shape index (κ1) is 11.1. The molecule has 2 rings (SSSR count). The van der Waals surface area contributed by atoms with Crippen LogP contribution in [0.15, 0.2) is 48.5 Å². The molecule has 0 saturated carbocycles. The Balaban J connectivity index is 2.43. The van der Waals surface area contributed by atoms with Crippen LogP contribution in [0.4, 0.5) is 0 Å². The van der Waals surface area contributed by atoms with Crippen LogP contribution in [-0.4, -0.2) is 11.9 Å². The summed E-state index contributed by atoms with van der Waals surface area (Å²) in [5, 5.41) is 0.533. The Kier molecular flexibility index (Phi) is 3.32. The molecule has 0 unspecified atom stereocenters. The molecule has 2 heteroatoms. The number of carbonyl (C=O) groups excluding carboxylic acids is 2. The number of hydrogen-bond acceptors (Lipinski definition) is 2. The lowest BCUT2D eigenvalue weighted by Crippen LogP contribution is -2.27. The summed E-state index contributed by atoms with van der Waals surface area (Å²) >= 11 is 0. The van der Waals surface area contributed by atoms with Crippen molar-refractivity contribution < 1.29 is 9.59 Å². The molecule has 0 heterocycles. The van der Waals surface area contributed by atoms with E-state index in [1.54, 1.807) is 24.0 Å². The number of rotatable bonds is 2. The second-order valence-electron chi connectivity index (χ2n) is 3.75. The Hall–Kier alpha value is -2.40. The second kappa shape index (κ2) is 5.09. The van der Waals surface area contributed by atoms with Crippen LogP contribution in [0.5, 0.6) is 0 Å². The molecule has 0 spiro atoms. The van der Waals surface area contributed by atoms with Crippen LogP contribution in [0, 0.1) is 0 Å². The van der Waals surface area contributed by atoms with E-state index in [4.69, 9.17) is 0 Å². The standard InChI is InChI=1S/C15H10O2/c16-10-14-7-6-13(9-15(14)11-17)8-12-4-2-1-3-5-12/h1-7,9H,8H2. The van der Waals surface area contributed by atoms with Gasteiger partial charge in [-0.05, 0) is 29.7 Å². The summed E-state index contributed by atoms with van der Waals surface area (Å²) in [5.74, 6) is 3.49. The Morgan fingerprint density at radius 2 is 1.47 bits per heavy atom. The molecule has 0 radical (unpaired) electrons. The lowest BCUT2D eigenvalue weighted by Gasteiger charge is -2.00. The topological polar surface area (TPSA) is 34.1 Å². The summed E-state index contributed by atoms with van der Waals surface area (Å²) < 4.78 is 0. The first-order valence-corrected chi connectivity index (χ1v) is 5.26. The van der Waals surface area contributed by atoms with Crippen LogP contribution in [0.1, 0.15) is 11.1 Å². The Morgan fingerprint density at radius 1 is 0.765 bits per heavy atom. The summed E-state index contributed by atoms with van der Waals surface area (Å²) in [6.07, 6.45) is 0.731. The third-order valence-electron chi connectivity index (χ3n) is 2.55. The van der Waals surface area contributed by atoms with E-state index in [1.807, 2.05) is 36.4 Å². The molecule has 0 bridgehead atoms. The molecule has 0 saturated heterocycles. The van der Waals surface area contributed by atoms with Gasteiger partial charge in [0.25, 0.3) is 0 Å². The first-order chi connectivity index (χ1) is 8.33. The van der Waals surface area contributed by atoms with Gasteiger partial charge in [-0.1, -0.05) is 36.4 Å². The second-order valence-corrected chi connectivity index (χ2v) is 3.75. The average molecular weight is 222 g/mol. The highest BCUT2D eigenvalue weighted by atomic mass is 16.1. The maximum atomic E-state index is 10.7. The van der Waals surface area contributed by atoms with Gasteiger partial charge in [0, 0.05) is 0 Å². The van der Waals surface area contributed by atoms with Gasteiger partial charge < -0.3 is 0 Å². The minimum absolute atomic E-state index is 0.261. The van der Waals surface area contributed by atoms with Gasteiger partial charge in [0.05, 0.1) is 10.4 Å².